The number of aromatic nitrogens is 3. The third-order valence-corrected chi connectivity index (χ3v) is 4.71. The zero-order valence-corrected chi connectivity index (χ0v) is 14.8. The topological polar surface area (TPSA) is 79.8 Å². The van der Waals surface area contributed by atoms with E-state index in [0.717, 1.165) is 25.1 Å². The van der Waals surface area contributed by atoms with Crippen LogP contribution >= 0.6 is 12.4 Å². The van der Waals surface area contributed by atoms with Gasteiger partial charge in [-0.05, 0) is 37.0 Å². The summed E-state index contributed by atoms with van der Waals surface area (Å²) in [5.74, 6) is 0.567. The van der Waals surface area contributed by atoms with Crippen molar-refractivity contribution in [3.05, 3.63) is 42.1 Å². The van der Waals surface area contributed by atoms with Crippen molar-refractivity contribution < 1.29 is 18.0 Å². The molecule has 2 N–H and O–H groups in total. The molecule has 27 heavy (non-hydrogen) atoms. The Morgan fingerprint density at radius 3 is 2.67 bits per heavy atom. The summed E-state index contributed by atoms with van der Waals surface area (Å²) in [6.45, 7) is 0.232. The van der Waals surface area contributed by atoms with Crippen LogP contribution in [0.3, 0.4) is 0 Å². The third kappa shape index (κ3) is 4.36. The average Bonchev–Trinajstić information content (AvgIpc) is 3.24. The van der Waals surface area contributed by atoms with Crippen LogP contribution in [0, 0.1) is 5.92 Å². The molecule has 1 saturated carbocycles. The molecule has 0 spiro atoms. The number of nitrogens with one attached hydrogen (secondary N) is 2. The number of halogens is 4. The van der Waals surface area contributed by atoms with Crippen LogP contribution in [0.2, 0.25) is 0 Å². The minimum atomic E-state index is -4.48. The Hall–Kier alpha value is -2.26. The molecule has 2 aromatic rings. The minimum absolute atomic E-state index is 0. The van der Waals surface area contributed by atoms with Crippen LogP contribution < -0.4 is 10.6 Å². The highest BCUT2D eigenvalue weighted by atomic mass is 35.5. The lowest BCUT2D eigenvalue weighted by Crippen LogP contribution is -2.42. The maximum atomic E-state index is 12.6. The zero-order valence-electron chi connectivity index (χ0n) is 14.0. The number of nitrogens with zero attached hydrogens (tertiary/aromatic N) is 3. The molecular weight excluding hydrogens is 383 g/mol. The van der Waals surface area contributed by atoms with Gasteiger partial charge in [-0.2, -0.15) is 13.2 Å². The Morgan fingerprint density at radius 1 is 1.22 bits per heavy atom. The van der Waals surface area contributed by atoms with E-state index in [2.05, 4.69) is 25.6 Å². The van der Waals surface area contributed by atoms with Gasteiger partial charge in [-0.3, -0.25) is 9.78 Å². The van der Waals surface area contributed by atoms with Gasteiger partial charge in [-0.1, -0.05) is 0 Å². The lowest BCUT2D eigenvalue weighted by Gasteiger charge is -2.13. The van der Waals surface area contributed by atoms with Gasteiger partial charge in [0, 0.05) is 17.8 Å². The summed E-state index contributed by atoms with van der Waals surface area (Å²) in [4.78, 5) is 23.7. The Morgan fingerprint density at radius 2 is 2.04 bits per heavy atom. The van der Waals surface area contributed by atoms with E-state index >= 15 is 0 Å². The van der Waals surface area contributed by atoms with Crippen molar-refractivity contribution in [3.63, 3.8) is 0 Å². The summed E-state index contributed by atoms with van der Waals surface area (Å²) >= 11 is 0. The van der Waals surface area contributed by atoms with Gasteiger partial charge in [0.2, 0.25) is 5.91 Å². The molecule has 2 aliphatic rings. The monoisotopic (exact) mass is 399 g/mol. The number of piperidine rings is 1. The van der Waals surface area contributed by atoms with Crippen LogP contribution in [-0.4, -0.2) is 32.9 Å². The SMILES string of the molecule is Cl.O=C(NCc1cc(-c2ccc(C(F)(F)F)nc2)ncn1)C1CC2CC2N1. The van der Waals surface area contributed by atoms with Crippen molar-refractivity contribution in [2.24, 2.45) is 5.92 Å². The maximum Gasteiger partial charge on any atom is 0.433 e. The first-order valence-electron chi connectivity index (χ1n) is 8.28. The van der Waals surface area contributed by atoms with Crippen molar-refractivity contribution >= 4 is 18.3 Å². The van der Waals surface area contributed by atoms with Gasteiger partial charge in [0.05, 0.1) is 24.0 Å². The van der Waals surface area contributed by atoms with E-state index in [1.807, 2.05) is 0 Å². The number of rotatable bonds is 4. The first-order valence-corrected chi connectivity index (χ1v) is 8.28. The molecule has 1 aliphatic heterocycles. The molecule has 144 valence electrons. The highest BCUT2D eigenvalue weighted by Crippen LogP contribution is 2.40. The fraction of sp³-hybridized carbons (Fsp3) is 0.412. The quantitative estimate of drug-likeness (QED) is 0.825. The van der Waals surface area contributed by atoms with Crippen LogP contribution in [0.1, 0.15) is 24.2 Å². The second-order valence-corrected chi connectivity index (χ2v) is 6.60. The van der Waals surface area contributed by atoms with Crippen molar-refractivity contribution in [2.45, 2.75) is 37.6 Å². The lowest BCUT2D eigenvalue weighted by molar-refractivity contribution is -0.141. The Labute approximate surface area is 159 Å². The molecule has 0 aromatic carbocycles. The number of fused-ring (bicyclic) bond motifs is 1. The molecule has 3 atom stereocenters. The van der Waals surface area contributed by atoms with Crippen LogP contribution in [0.4, 0.5) is 13.2 Å². The minimum Gasteiger partial charge on any atom is -0.349 e. The number of carbonyl (C=O) groups excluding carboxylic acids is 1. The summed E-state index contributed by atoms with van der Waals surface area (Å²) in [5.41, 5.74) is 0.521. The summed E-state index contributed by atoms with van der Waals surface area (Å²) in [7, 11) is 0. The predicted octanol–water partition coefficient (Wildman–Crippen LogP) is 2.35. The summed E-state index contributed by atoms with van der Waals surface area (Å²) in [5, 5.41) is 6.11. The Kier molecular flexibility index (Phi) is 5.34. The van der Waals surface area contributed by atoms with Gasteiger partial charge in [0.25, 0.3) is 0 Å². The van der Waals surface area contributed by atoms with Crippen LogP contribution in [-0.2, 0) is 17.5 Å². The molecule has 3 heterocycles. The van der Waals surface area contributed by atoms with E-state index in [0.29, 0.717) is 28.9 Å². The highest BCUT2D eigenvalue weighted by molar-refractivity contribution is 5.85. The fourth-order valence-corrected chi connectivity index (χ4v) is 3.19. The number of hydrogen-bond donors (Lipinski definition) is 2. The first kappa shape index (κ1) is 19.5. The Bertz CT molecular complexity index is 820. The molecule has 6 nitrogen and oxygen atoms in total. The fourth-order valence-electron chi connectivity index (χ4n) is 3.19. The van der Waals surface area contributed by atoms with Crippen molar-refractivity contribution in [1.82, 2.24) is 25.6 Å². The van der Waals surface area contributed by atoms with Gasteiger partial charge >= 0.3 is 6.18 Å². The van der Waals surface area contributed by atoms with Crippen LogP contribution in [0.25, 0.3) is 11.3 Å². The standard InChI is InChI=1S/C17H16F3N5O.ClH/c18-17(19,20)15-2-1-9(6-21-15)12-5-11(23-8-24-12)7-22-16(26)14-4-10-3-13(10)25-14;/h1-2,5-6,8,10,13-14,25H,3-4,7H2,(H,22,26);1H. The number of alkyl halides is 3. The molecule has 2 aromatic heterocycles. The average molecular weight is 400 g/mol. The highest BCUT2D eigenvalue weighted by Gasteiger charge is 2.47. The Balaban J connectivity index is 0.00000210. The molecule has 0 bridgehead atoms. The maximum absolute atomic E-state index is 12.6. The number of pyridine rings is 1. The van der Waals surface area contributed by atoms with Gasteiger partial charge in [-0.25, -0.2) is 9.97 Å². The largest absolute Gasteiger partial charge is 0.433 e. The van der Waals surface area contributed by atoms with Crippen LogP contribution in [0.5, 0.6) is 0 Å². The van der Waals surface area contributed by atoms with Gasteiger partial charge in [0.15, 0.2) is 0 Å². The molecule has 1 amide bonds. The molecular formula is C17H17ClF3N5O. The van der Waals surface area contributed by atoms with Crippen molar-refractivity contribution in [1.29, 1.82) is 0 Å². The zero-order chi connectivity index (χ0) is 18.3. The number of hydrogen-bond acceptors (Lipinski definition) is 5. The first-order chi connectivity index (χ1) is 12.4. The predicted molar refractivity (Wildman–Crippen MR) is 92.8 cm³/mol. The molecule has 4 rings (SSSR count). The van der Waals surface area contributed by atoms with Gasteiger partial charge in [-0.15, -0.1) is 12.4 Å². The molecule has 1 aliphatic carbocycles. The summed E-state index contributed by atoms with van der Waals surface area (Å²) in [6.07, 6.45) is -0.0167. The molecule has 2 fully saturated rings. The molecule has 0 radical (unpaired) electrons. The van der Waals surface area contributed by atoms with E-state index in [9.17, 15) is 18.0 Å². The van der Waals surface area contributed by atoms with E-state index in [1.54, 1.807) is 6.07 Å². The van der Waals surface area contributed by atoms with Gasteiger partial charge < -0.3 is 10.6 Å². The number of amides is 1. The molecule has 1 saturated heterocycles. The second-order valence-electron chi connectivity index (χ2n) is 6.60. The van der Waals surface area contributed by atoms with E-state index in [4.69, 9.17) is 0 Å². The molecule has 3 unspecified atom stereocenters. The van der Waals surface area contributed by atoms with Crippen LogP contribution in [0.15, 0.2) is 30.7 Å². The van der Waals surface area contributed by atoms with Gasteiger partial charge in [0.1, 0.15) is 12.0 Å². The summed E-state index contributed by atoms with van der Waals surface area (Å²) in [6, 6.07) is 4.19. The number of carbonyl (C=O) groups is 1. The smallest absolute Gasteiger partial charge is 0.349 e. The van der Waals surface area contributed by atoms with E-state index in [-0.39, 0.29) is 30.9 Å². The van der Waals surface area contributed by atoms with E-state index < -0.39 is 11.9 Å². The third-order valence-electron chi connectivity index (χ3n) is 4.71. The van der Waals surface area contributed by atoms with E-state index in [1.165, 1.54) is 12.4 Å². The van der Waals surface area contributed by atoms with Crippen molar-refractivity contribution in [3.8, 4) is 11.3 Å². The van der Waals surface area contributed by atoms with Crippen molar-refractivity contribution in [2.75, 3.05) is 0 Å². The summed E-state index contributed by atoms with van der Waals surface area (Å²) < 4.78 is 37.8. The second kappa shape index (κ2) is 7.40. The molecule has 10 heteroatoms. The normalized spacial score (nSPS) is 23.3. The lowest BCUT2D eigenvalue weighted by atomic mass is 10.1.